The topological polar surface area (TPSA) is 86.2 Å². The highest BCUT2D eigenvalue weighted by Crippen LogP contribution is 2.25. The van der Waals surface area contributed by atoms with E-state index in [1.807, 2.05) is 41.6 Å². The van der Waals surface area contributed by atoms with Crippen LogP contribution in [0.25, 0.3) is 22.5 Å². The van der Waals surface area contributed by atoms with Gasteiger partial charge in [0.15, 0.2) is 5.58 Å². The van der Waals surface area contributed by atoms with E-state index in [1.165, 1.54) is 4.57 Å². The summed E-state index contributed by atoms with van der Waals surface area (Å²) in [7, 11) is 0. The number of aromatic nitrogens is 4. The zero-order valence-corrected chi connectivity index (χ0v) is 18.0. The molecule has 0 saturated carbocycles. The molecule has 0 unspecified atom stereocenters. The number of aryl methyl sites for hydroxylation is 1. The van der Waals surface area contributed by atoms with Gasteiger partial charge in [0.05, 0.1) is 5.52 Å². The van der Waals surface area contributed by atoms with Gasteiger partial charge in [-0.3, -0.25) is 14.3 Å². The van der Waals surface area contributed by atoms with Crippen molar-refractivity contribution in [1.82, 2.24) is 24.0 Å². The van der Waals surface area contributed by atoms with Crippen molar-refractivity contribution in [2.45, 2.75) is 32.9 Å². The molecule has 0 N–H and O–H groups in total. The number of oxazole rings is 1. The monoisotopic (exact) mass is 431 g/mol. The molecule has 0 atom stereocenters. The molecule has 0 spiro atoms. The van der Waals surface area contributed by atoms with Gasteiger partial charge < -0.3 is 13.9 Å². The van der Waals surface area contributed by atoms with Crippen LogP contribution in [0.15, 0.2) is 64.2 Å². The number of fused-ring (bicyclic) bond motifs is 1. The van der Waals surface area contributed by atoms with Gasteiger partial charge in [0, 0.05) is 49.5 Å². The highest BCUT2D eigenvalue weighted by Gasteiger charge is 2.25. The first-order valence-electron chi connectivity index (χ1n) is 10.9. The molecule has 0 bridgehead atoms. The predicted molar refractivity (Wildman–Crippen MR) is 120 cm³/mol. The second-order valence-corrected chi connectivity index (χ2v) is 8.32. The fraction of sp³-hybridized carbons (Fsp3) is 0.333. The number of rotatable bonds is 5. The minimum atomic E-state index is -0.493. The van der Waals surface area contributed by atoms with E-state index in [1.54, 1.807) is 18.3 Å². The Morgan fingerprint density at radius 3 is 2.69 bits per heavy atom. The summed E-state index contributed by atoms with van der Waals surface area (Å²) in [5, 5.41) is 0. The second kappa shape index (κ2) is 8.45. The van der Waals surface area contributed by atoms with E-state index in [9.17, 15) is 9.59 Å². The maximum atomic E-state index is 12.9. The van der Waals surface area contributed by atoms with Crippen molar-refractivity contribution in [3.05, 3.63) is 71.2 Å². The maximum Gasteiger partial charge on any atom is 0.420 e. The number of amides is 1. The molecule has 4 aromatic rings. The largest absolute Gasteiger partial charge is 0.420 e. The molecular formula is C24H25N5O3. The van der Waals surface area contributed by atoms with E-state index in [0.717, 1.165) is 36.5 Å². The zero-order chi connectivity index (χ0) is 22.1. The van der Waals surface area contributed by atoms with E-state index in [2.05, 4.69) is 21.5 Å². The normalized spacial score (nSPS) is 14.8. The molecule has 1 aromatic carbocycles. The highest BCUT2D eigenvalue weighted by molar-refractivity contribution is 5.79. The molecule has 3 aromatic heterocycles. The minimum absolute atomic E-state index is 0.00625. The molecule has 32 heavy (non-hydrogen) atoms. The van der Waals surface area contributed by atoms with Gasteiger partial charge in [-0.05, 0) is 49.9 Å². The van der Waals surface area contributed by atoms with E-state index in [0.29, 0.717) is 30.1 Å². The summed E-state index contributed by atoms with van der Waals surface area (Å²) in [5.41, 5.74) is 3.28. The van der Waals surface area contributed by atoms with Gasteiger partial charge in [0.2, 0.25) is 5.91 Å². The van der Waals surface area contributed by atoms with Crippen molar-refractivity contribution in [2.24, 2.45) is 5.92 Å². The van der Waals surface area contributed by atoms with Crippen molar-refractivity contribution >= 4 is 17.0 Å². The first-order valence-corrected chi connectivity index (χ1v) is 10.9. The number of piperidine rings is 1. The lowest BCUT2D eigenvalue weighted by Crippen LogP contribution is -2.41. The molecule has 4 heterocycles. The van der Waals surface area contributed by atoms with Crippen LogP contribution in [0.5, 0.6) is 0 Å². The molecule has 5 rings (SSSR count). The number of likely N-dealkylation sites (tertiary alicyclic amines) is 1. The number of imidazole rings is 1. The average molecular weight is 431 g/mol. The highest BCUT2D eigenvalue weighted by atomic mass is 16.4. The smallest absolute Gasteiger partial charge is 0.408 e. The number of hydrogen-bond donors (Lipinski definition) is 0. The lowest BCUT2D eigenvalue weighted by atomic mass is 9.96. The Labute approximate surface area is 185 Å². The Bertz CT molecular complexity index is 1300. The molecule has 8 nitrogen and oxygen atoms in total. The average Bonchev–Trinajstić information content (AvgIpc) is 3.34. The van der Waals surface area contributed by atoms with Crippen LogP contribution < -0.4 is 5.76 Å². The van der Waals surface area contributed by atoms with E-state index >= 15 is 0 Å². The number of hydrogen-bond acceptors (Lipinski definition) is 5. The molecule has 0 aliphatic carbocycles. The fourth-order valence-corrected chi connectivity index (χ4v) is 4.44. The number of carbonyl (C=O) groups is 1. The fourth-order valence-electron chi connectivity index (χ4n) is 4.44. The Balaban J connectivity index is 1.23. The quantitative estimate of drug-likeness (QED) is 0.485. The summed E-state index contributed by atoms with van der Waals surface area (Å²) in [5.74, 6) is 0.847. The predicted octanol–water partition coefficient (Wildman–Crippen LogP) is 3.10. The molecule has 1 saturated heterocycles. The molecule has 1 fully saturated rings. The van der Waals surface area contributed by atoms with Gasteiger partial charge in [0.25, 0.3) is 0 Å². The van der Waals surface area contributed by atoms with Crippen molar-refractivity contribution in [3.8, 4) is 11.4 Å². The first kappa shape index (κ1) is 20.2. The second-order valence-electron chi connectivity index (χ2n) is 8.32. The van der Waals surface area contributed by atoms with Gasteiger partial charge in [-0.15, -0.1) is 0 Å². The van der Waals surface area contributed by atoms with Gasteiger partial charge in [-0.25, -0.2) is 9.78 Å². The molecular weight excluding hydrogens is 406 g/mol. The molecule has 1 amide bonds. The number of carbonyl (C=O) groups excluding carboxylic acids is 1. The minimum Gasteiger partial charge on any atom is -0.408 e. The van der Waals surface area contributed by atoms with Crippen molar-refractivity contribution in [1.29, 1.82) is 0 Å². The SMILES string of the molecule is Cc1cnc(-c2cccnc2)n1CC1CCN(C(=O)Cn2c(=O)oc3ccccc32)CC1. The van der Waals surface area contributed by atoms with E-state index in [-0.39, 0.29) is 12.5 Å². The third kappa shape index (κ3) is 3.84. The number of para-hydroxylation sites is 2. The van der Waals surface area contributed by atoms with Crippen LogP contribution in [0.2, 0.25) is 0 Å². The number of nitrogens with zero attached hydrogens (tertiary/aromatic N) is 5. The summed E-state index contributed by atoms with van der Waals surface area (Å²) in [4.78, 5) is 35.7. The molecule has 1 aliphatic heterocycles. The van der Waals surface area contributed by atoms with Crippen LogP contribution in [0.1, 0.15) is 18.5 Å². The van der Waals surface area contributed by atoms with Crippen LogP contribution in [0.3, 0.4) is 0 Å². The van der Waals surface area contributed by atoms with Crippen LogP contribution in [0, 0.1) is 12.8 Å². The molecule has 1 aliphatic rings. The third-order valence-corrected chi connectivity index (χ3v) is 6.25. The van der Waals surface area contributed by atoms with Gasteiger partial charge in [0.1, 0.15) is 12.4 Å². The summed E-state index contributed by atoms with van der Waals surface area (Å²) in [6.45, 7) is 4.31. The van der Waals surface area contributed by atoms with Gasteiger partial charge in [-0.2, -0.15) is 0 Å². The lowest BCUT2D eigenvalue weighted by molar-refractivity contribution is -0.133. The zero-order valence-electron chi connectivity index (χ0n) is 18.0. The summed E-state index contributed by atoms with van der Waals surface area (Å²) in [6.07, 6.45) is 7.32. The first-order chi connectivity index (χ1) is 15.6. The maximum absolute atomic E-state index is 12.9. The van der Waals surface area contributed by atoms with Crippen LogP contribution in [0.4, 0.5) is 0 Å². The van der Waals surface area contributed by atoms with E-state index < -0.39 is 5.76 Å². The van der Waals surface area contributed by atoms with Crippen LogP contribution in [-0.2, 0) is 17.9 Å². The van der Waals surface area contributed by atoms with Crippen LogP contribution in [-0.4, -0.2) is 43.0 Å². The van der Waals surface area contributed by atoms with Crippen molar-refractivity contribution in [2.75, 3.05) is 13.1 Å². The molecule has 164 valence electrons. The molecule has 0 radical (unpaired) electrons. The number of pyridine rings is 1. The Morgan fingerprint density at radius 2 is 1.91 bits per heavy atom. The Kier molecular flexibility index (Phi) is 5.34. The Morgan fingerprint density at radius 1 is 1.09 bits per heavy atom. The van der Waals surface area contributed by atoms with Gasteiger partial charge >= 0.3 is 5.76 Å². The Hall–Kier alpha value is -3.68. The van der Waals surface area contributed by atoms with Crippen molar-refractivity contribution < 1.29 is 9.21 Å². The van der Waals surface area contributed by atoms with Gasteiger partial charge in [-0.1, -0.05) is 12.1 Å². The lowest BCUT2D eigenvalue weighted by Gasteiger charge is -2.32. The third-order valence-electron chi connectivity index (χ3n) is 6.25. The van der Waals surface area contributed by atoms with E-state index in [4.69, 9.17) is 4.42 Å². The summed E-state index contributed by atoms with van der Waals surface area (Å²) in [6, 6.07) is 11.1. The molecule has 8 heteroatoms. The van der Waals surface area contributed by atoms with Crippen LogP contribution >= 0.6 is 0 Å². The summed E-state index contributed by atoms with van der Waals surface area (Å²) < 4.78 is 8.91. The standard InChI is InChI=1S/C24H25N5O3/c1-17-13-26-23(19-5-4-10-25-14-19)28(17)15-18-8-11-27(12-9-18)22(30)16-29-20-6-2-3-7-21(20)32-24(29)31/h2-7,10,13-14,18H,8-9,11-12,15-16H2,1H3. The number of benzene rings is 1. The van der Waals surface area contributed by atoms with Crippen molar-refractivity contribution in [3.63, 3.8) is 0 Å². The summed E-state index contributed by atoms with van der Waals surface area (Å²) >= 11 is 0.